The van der Waals surface area contributed by atoms with Crippen LogP contribution in [0.1, 0.15) is 39.7 Å². The Kier molecular flexibility index (Phi) is 6.33. The number of anilines is 1. The molecule has 2 aromatic rings. The van der Waals surface area contributed by atoms with Crippen LogP contribution in [0.15, 0.2) is 48.5 Å². The normalized spacial score (nSPS) is 12.0. The van der Waals surface area contributed by atoms with Gasteiger partial charge in [0.15, 0.2) is 0 Å². The molecule has 0 saturated carbocycles. The molecule has 0 bridgehead atoms. The lowest BCUT2D eigenvalue weighted by molar-refractivity contribution is 0.217. The van der Waals surface area contributed by atoms with Crippen molar-refractivity contribution in [3.63, 3.8) is 0 Å². The Morgan fingerprint density at radius 3 is 2.30 bits per heavy atom. The van der Waals surface area contributed by atoms with E-state index < -0.39 is 0 Å². The van der Waals surface area contributed by atoms with Crippen LogP contribution in [0.5, 0.6) is 11.5 Å². The van der Waals surface area contributed by atoms with Gasteiger partial charge < -0.3 is 14.8 Å². The first-order valence-corrected chi connectivity index (χ1v) is 8.33. The monoisotopic (exact) mass is 313 g/mol. The number of benzene rings is 2. The zero-order valence-corrected chi connectivity index (χ0v) is 14.5. The molecule has 2 rings (SSSR count). The molecule has 0 aromatic heterocycles. The highest BCUT2D eigenvalue weighted by atomic mass is 16.5. The maximum Gasteiger partial charge on any atom is 0.121 e. The zero-order valence-electron chi connectivity index (χ0n) is 14.5. The van der Waals surface area contributed by atoms with Crippen molar-refractivity contribution in [3.8, 4) is 11.5 Å². The Bertz CT molecular complexity index is 593. The van der Waals surface area contributed by atoms with Crippen molar-refractivity contribution in [2.45, 2.75) is 52.9 Å². The minimum Gasteiger partial charge on any atom is -0.491 e. The Balaban J connectivity index is 1.90. The standard InChI is InChI=1S/C20H27NO2/c1-5-16(4)23-19-11-9-17(10-12-19)14-21-18-7-6-8-20(13-18)22-15(2)3/h6-13,15-16,21H,5,14H2,1-4H3. The van der Waals surface area contributed by atoms with E-state index >= 15 is 0 Å². The molecular formula is C20H27NO2. The third-order valence-electron chi connectivity index (χ3n) is 3.54. The Hall–Kier alpha value is -2.16. The van der Waals surface area contributed by atoms with Crippen LogP contribution in [0.3, 0.4) is 0 Å². The first kappa shape index (κ1) is 17.2. The molecule has 3 nitrogen and oxygen atoms in total. The van der Waals surface area contributed by atoms with Crippen molar-refractivity contribution in [2.75, 3.05) is 5.32 Å². The fourth-order valence-electron chi connectivity index (χ4n) is 2.16. The van der Waals surface area contributed by atoms with Gasteiger partial charge in [-0.05, 0) is 57.0 Å². The van der Waals surface area contributed by atoms with Crippen molar-refractivity contribution >= 4 is 5.69 Å². The molecule has 23 heavy (non-hydrogen) atoms. The Morgan fingerprint density at radius 2 is 1.65 bits per heavy atom. The third kappa shape index (κ3) is 5.85. The van der Waals surface area contributed by atoms with Crippen LogP contribution in [0, 0.1) is 0 Å². The van der Waals surface area contributed by atoms with Crippen LogP contribution < -0.4 is 14.8 Å². The van der Waals surface area contributed by atoms with Gasteiger partial charge in [-0.3, -0.25) is 0 Å². The van der Waals surface area contributed by atoms with Gasteiger partial charge in [-0.15, -0.1) is 0 Å². The molecule has 0 aliphatic heterocycles. The minimum atomic E-state index is 0.184. The summed E-state index contributed by atoms with van der Waals surface area (Å²) < 4.78 is 11.5. The average Bonchev–Trinajstić information content (AvgIpc) is 2.54. The van der Waals surface area contributed by atoms with Crippen molar-refractivity contribution < 1.29 is 9.47 Å². The van der Waals surface area contributed by atoms with Gasteiger partial charge in [-0.1, -0.05) is 25.1 Å². The molecule has 0 aliphatic carbocycles. The molecule has 124 valence electrons. The van der Waals surface area contributed by atoms with Crippen LogP contribution in [-0.4, -0.2) is 12.2 Å². The lowest BCUT2D eigenvalue weighted by Gasteiger charge is -2.14. The summed E-state index contributed by atoms with van der Waals surface area (Å²) in [7, 11) is 0. The molecule has 0 fully saturated rings. The van der Waals surface area contributed by atoms with Gasteiger partial charge in [0.2, 0.25) is 0 Å². The first-order valence-electron chi connectivity index (χ1n) is 8.33. The van der Waals surface area contributed by atoms with Crippen molar-refractivity contribution in [2.24, 2.45) is 0 Å². The first-order chi connectivity index (χ1) is 11.1. The maximum absolute atomic E-state index is 5.80. The van der Waals surface area contributed by atoms with E-state index in [2.05, 4.69) is 31.3 Å². The smallest absolute Gasteiger partial charge is 0.121 e. The van der Waals surface area contributed by atoms with Gasteiger partial charge in [0, 0.05) is 18.3 Å². The summed E-state index contributed by atoms with van der Waals surface area (Å²) in [6, 6.07) is 16.3. The average molecular weight is 313 g/mol. The number of hydrogen-bond acceptors (Lipinski definition) is 3. The topological polar surface area (TPSA) is 30.5 Å². The predicted octanol–water partition coefficient (Wildman–Crippen LogP) is 5.26. The molecule has 1 unspecified atom stereocenters. The summed E-state index contributed by atoms with van der Waals surface area (Å²) in [4.78, 5) is 0. The molecule has 0 amide bonds. The van der Waals surface area contributed by atoms with Gasteiger partial charge in [-0.25, -0.2) is 0 Å². The van der Waals surface area contributed by atoms with E-state index in [1.165, 1.54) is 5.56 Å². The Morgan fingerprint density at radius 1 is 0.913 bits per heavy atom. The van der Waals surface area contributed by atoms with E-state index in [1.54, 1.807) is 0 Å². The van der Waals surface area contributed by atoms with Crippen LogP contribution in [0.25, 0.3) is 0 Å². The van der Waals surface area contributed by atoms with Gasteiger partial charge in [0.25, 0.3) is 0 Å². The summed E-state index contributed by atoms with van der Waals surface area (Å²) >= 11 is 0. The highest BCUT2D eigenvalue weighted by Crippen LogP contribution is 2.20. The number of ether oxygens (including phenoxy) is 2. The molecule has 0 saturated heterocycles. The molecule has 1 N–H and O–H groups in total. The molecule has 0 aliphatic rings. The highest BCUT2D eigenvalue weighted by molar-refractivity contribution is 5.48. The fraction of sp³-hybridized carbons (Fsp3) is 0.400. The lowest BCUT2D eigenvalue weighted by Crippen LogP contribution is -2.09. The summed E-state index contributed by atoms with van der Waals surface area (Å²) in [5, 5.41) is 3.43. The van der Waals surface area contributed by atoms with Crippen LogP contribution in [-0.2, 0) is 6.54 Å². The van der Waals surface area contributed by atoms with Crippen molar-refractivity contribution in [3.05, 3.63) is 54.1 Å². The van der Waals surface area contributed by atoms with Crippen LogP contribution in [0.2, 0.25) is 0 Å². The Labute approximate surface area is 139 Å². The molecule has 0 heterocycles. The molecule has 0 spiro atoms. The molecule has 2 aromatic carbocycles. The molecule has 3 heteroatoms. The van der Waals surface area contributed by atoms with Gasteiger partial charge >= 0.3 is 0 Å². The van der Waals surface area contributed by atoms with Crippen LogP contribution in [0.4, 0.5) is 5.69 Å². The van der Waals surface area contributed by atoms with E-state index in [-0.39, 0.29) is 12.2 Å². The summed E-state index contributed by atoms with van der Waals surface area (Å²) in [5.41, 5.74) is 2.28. The van der Waals surface area contributed by atoms with Gasteiger partial charge in [0.05, 0.1) is 12.2 Å². The quantitative estimate of drug-likeness (QED) is 0.720. The van der Waals surface area contributed by atoms with E-state index in [4.69, 9.17) is 9.47 Å². The van der Waals surface area contributed by atoms with E-state index in [1.807, 2.05) is 50.2 Å². The SMILES string of the molecule is CCC(C)Oc1ccc(CNc2cccc(OC(C)C)c2)cc1. The molecule has 0 radical (unpaired) electrons. The lowest BCUT2D eigenvalue weighted by atomic mass is 10.2. The number of rotatable bonds is 8. The largest absolute Gasteiger partial charge is 0.491 e. The van der Waals surface area contributed by atoms with Gasteiger partial charge in [-0.2, -0.15) is 0 Å². The van der Waals surface area contributed by atoms with Gasteiger partial charge in [0.1, 0.15) is 11.5 Å². The molecular weight excluding hydrogens is 286 g/mol. The van der Waals surface area contributed by atoms with E-state index in [9.17, 15) is 0 Å². The van der Waals surface area contributed by atoms with E-state index in [0.29, 0.717) is 0 Å². The molecule has 1 atom stereocenters. The summed E-state index contributed by atoms with van der Waals surface area (Å²) in [5.74, 6) is 1.82. The van der Waals surface area contributed by atoms with Crippen molar-refractivity contribution in [1.82, 2.24) is 0 Å². The van der Waals surface area contributed by atoms with Crippen LogP contribution >= 0.6 is 0 Å². The van der Waals surface area contributed by atoms with E-state index in [0.717, 1.165) is 30.2 Å². The fourth-order valence-corrected chi connectivity index (χ4v) is 2.16. The third-order valence-corrected chi connectivity index (χ3v) is 3.54. The second-order valence-electron chi connectivity index (χ2n) is 6.03. The second kappa shape index (κ2) is 8.47. The summed E-state index contributed by atoms with van der Waals surface area (Å²) in [6.07, 6.45) is 1.45. The maximum atomic E-state index is 5.80. The second-order valence-corrected chi connectivity index (χ2v) is 6.03. The van der Waals surface area contributed by atoms with Crippen molar-refractivity contribution in [1.29, 1.82) is 0 Å². The zero-order chi connectivity index (χ0) is 16.7. The predicted molar refractivity (Wildman–Crippen MR) is 96.4 cm³/mol. The number of nitrogens with one attached hydrogen (secondary N) is 1. The number of hydrogen-bond donors (Lipinski definition) is 1. The minimum absolute atomic E-state index is 0.184. The highest BCUT2D eigenvalue weighted by Gasteiger charge is 2.02. The summed E-state index contributed by atoms with van der Waals surface area (Å²) in [6.45, 7) is 9.04.